The van der Waals surface area contributed by atoms with Gasteiger partial charge < -0.3 is 5.32 Å². The molecule has 2 nitrogen and oxygen atoms in total. The van der Waals surface area contributed by atoms with Gasteiger partial charge in [-0.2, -0.15) is 5.26 Å². The Hall–Kier alpha value is -1.47. The maximum Gasteiger partial charge on any atom is 0.143 e. The molecule has 2 rings (SSSR count). The molecule has 0 spiro atoms. The molecule has 1 aromatic carbocycles. The van der Waals surface area contributed by atoms with Gasteiger partial charge in [-0.25, -0.2) is 8.78 Å². The third kappa shape index (κ3) is 1.83. The minimum atomic E-state index is -0.787. The Balaban J connectivity index is 2.42. The van der Waals surface area contributed by atoms with E-state index in [4.69, 9.17) is 5.26 Å². The molecule has 1 aliphatic rings. The van der Waals surface area contributed by atoms with Crippen LogP contribution in [0.15, 0.2) is 12.1 Å². The van der Waals surface area contributed by atoms with Gasteiger partial charge in [-0.1, -0.05) is 0 Å². The Labute approximate surface area is 86.5 Å². The normalized spacial score (nSPS) is 20.2. The average molecular weight is 208 g/mol. The minimum Gasteiger partial charge on any atom is -0.316 e. The van der Waals surface area contributed by atoms with E-state index >= 15 is 0 Å². The fraction of sp³-hybridized carbons (Fsp3) is 0.364. The van der Waals surface area contributed by atoms with Gasteiger partial charge in [0.15, 0.2) is 0 Å². The molecule has 1 unspecified atom stereocenters. The standard InChI is InChI=1S/C11H10F2N2/c12-10-4-11(13)9(3-8(10)5-14)7-1-2-15-6-7/h3-4,7,15H,1-2,6H2. The SMILES string of the molecule is N#Cc1cc(C2CCNC2)c(F)cc1F. The van der Waals surface area contributed by atoms with Crippen LogP contribution in [0.3, 0.4) is 0 Å². The Bertz CT molecular complexity index is 417. The van der Waals surface area contributed by atoms with Crippen molar-refractivity contribution in [3.8, 4) is 6.07 Å². The van der Waals surface area contributed by atoms with Crippen molar-refractivity contribution in [2.45, 2.75) is 12.3 Å². The zero-order chi connectivity index (χ0) is 10.8. The molecule has 1 aromatic rings. The maximum absolute atomic E-state index is 13.4. The molecule has 0 radical (unpaired) electrons. The summed E-state index contributed by atoms with van der Waals surface area (Å²) in [5, 5.41) is 11.8. The quantitative estimate of drug-likeness (QED) is 0.765. The fourth-order valence-electron chi connectivity index (χ4n) is 1.88. The number of hydrogen-bond donors (Lipinski definition) is 1. The highest BCUT2D eigenvalue weighted by atomic mass is 19.1. The largest absolute Gasteiger partial charge is 0.316 e. The number of benzene rings is 1. The van der Waals surface area contributed by atoms with E-state index < -0.39 is 11.6 Å². The van der Waals surface area contributed by atoms with Crippen molar-refractivity contribution in [1.29, 1.82) is 5.26 Å². The van der Waals surface area contributed by atoms with E-state index in [1.807, 2.05) is 0 Å². The Morgan fingerprint density at radius 3 is 2.73 bits per heavy atom. The van der Waals surface area contributed by atoms with E-state index in [0.717, 1.165) is 19.0 Å². The summed E-state index contributed by atoms with van der Waals surface area (Å²) in [6.45, 7) is 1.52. The van der Waals surface area contributed by atoms with E-state index in [2.05, 4.69) is 5.32 Å². The zero-order valence-corrected chi connectivity index (χ0v) is 8.06. The van der Waals surface area contributed by atoms with Gasteiger partial charge in [-0.15, -0.1) is 0 Å². The van der Waals surface area contributed by atoms with Crippen LogP contribution in [0.1, 0.15) is 23.5 Å². The van der Waals surface area contributed by atoms with Crippen LogP contribution >= 0.6 is 0 Å². The highest BCUT2D eigenvalue weighted by molar-refractivity contribution is 5.37. The number of nitriles is 1. The molecule has 78 valence electrons. The van der Waals surface area contributed by atoms with Gasteiger partial charge in [-0.05, 0) is 24.6 Å². The second-order valence-electron chi connectivity index (χ2n) is 3.66. The van der Waals surface area contributed by atoms with Crippen molar-refractivity contribution >= 4 is 0 Å². The van der Waals surface area contributed by atoms with Crippen molar-refractivity contribution in [3.63, 3.8) is 0 Å². The van der Waals surface area contributed by atoms with Crippen molar-refractivity contribution < 1.29 is 8.78 Å². The van der Waals surface area contributed by atoms with Gasteiger partial charge in [0.2, 0.25) is 0 Å². The molecule has 4 heteroatoms. The topological polar surface area (TPSA) is 35.8 Å². The van der Waals surface area contributed by atoms with Crippen LogP contribution < -0.4 is 5.32 Å². The van der Waals surface area contributed by atoms with Crippen LogP contribution in [0, 0.1) is 23.0 Å². The maximum atomic E-state index is 13.4. The third-order valence-corrected chi connectivity index (χ3v) is 2.71. The van der Waals surface area contributed by atoms with Gasteiger partial charge in [-0.3, -0.25) is 0 Å². The Morgan fingerprint density at radius 1 is 1.33 bits per heavy atom. The van der Waals surface area contributed by atoms with E-state index in [1.165, 1.54) is 6.07 Å². The minimum absolute atomic E-state index is 0.0534. The molecule has 1 saturated heterocycles. The molecule has 0 bridgehead atoms. The van der Waals surface area contributed by atoms with Crippen molar-refractivity contribution in [2.24, 2.45) is 0 Å². The van der Waals surface area contributed by atoms with Gasteiger partial charge >= 0.3 is 0 Å². The summed E-state index contributed by atoms with van der Waals surface area (Å²) in [4.78, 5) is 0. The average Bonchev–Trinajstić information content (AvgIpc) is 2.71. The van der Waals surface area contributed by atoms with Crippen LogP contribution in [0.2, 0.25) is 0 Å². The van der Waals surface area contributed by atoms with Gasteiger partial charge in [0.1, 0.15) is 17.7 Å². The predicted molar refractivity (Wildman–Crippen MR) is 51.3 cm³/mol. The molecule has 1 atom stereocenters. The number of nitrogens with one attached hydrogen (secondary N) is 1. The molecule has 0 aromatic heterocycles. The number of hydrogen-bond acceptors (Lipinski definition) is 2. The van der Waals surface area contributed by atoms with E-state index in [1.54, 1.807) is 6.07 Å². The molecule has 0 amide bonds. The molecule has 1 fully saturated rings. The summed E-state index contributed by atoms with van der Waals surface area (Å²) in [5.74, 6) is -1.29. The summed E-state index contributed by atoms with van der Waals surface area (Å²) in [6, 6.07) is 3.84. The first-order valence-corrected chi connectivity index (χ1v) is 4.82. The van der Waals surface area contributed by atoms with E-state index in [9.17, 15) is 8.78 Å². The summed E-state index contributed by atoms with van der Waals surface area (Å²) in [6.07, 6.45) is 0.827. The van der Waals surface area contributed by atoms with E-state index in [0.29, 0.717) is 12.1 Å². The number of halogens is 2. The lowest BCUT2D eigenvalue weighted by molar-refractivity contribution is 0.557. The lowest BCUT2D eigenvalue weighted by Gasteiger charge is -2.10. The van der Waals surface area contributed by atoms with Crippen LogP contribution in [0.5, 0.6) is 0 Å². The summed E-state index contributed by atoms with van der Waals surface area (Å²) < 4.78 is 26.5. The summed E-state index contributed by atoms with van der Waals surface area (Å²) in [7, 11) is 0. The molecule has 1 N–H and O–H groups in total. The predicted octanol–water partition coefficient (Wildman–Crippen LogP) is 1.91. The molecule has 1 aliphatic heterocycles. The highest BCUT2D eigenvalue weighted by Gasteiger charge is 2.21. The smallest absolute Gasteiger partial charge is 0.143 e. The molecule has 1 heterocycles. The molecule has 0 saturated carbocycles. The van der Waals surface area contributed by atoms with E-state index in [-0.39, 0.29) is 11.5 Å². The molecular formula is C11H10F2N2. The number of nitrogens with zero attached hydrogens (tertiary/aromatic N) is 1. The van der Waals surface area contributed by atoms with Crippen molar-refractivity contribution in [1.82, 2.24) is 5.32 Å². The zero-order valence-electron chi connectivity index (χ0n) is 8.06. The first-order chi connectivity index (χ1) is 7.22. The molecule has 0 aliphatic carbocycles. The fourth-order valence-corrected chi connectivity index (χ4v) is 1.88. The second kappa shape index (κ2) is 3.95. The van der Waals surface area contributed by atoms with Crippen molar-refractivity contribution in [2.75, 3.05) is 13.1 Å². The highest BCUT2D eigenvalue weighted by Crippen LogP contribution is 2.26. The van der Waals surface area contributed by atoms with Crippen LogP contribution in [-0.2, 0) is 0 Å². The molecule has 15 heavy (non-hydrogen) atoms. The Kier molecular flexibility index (Phi) is 2.65. The lowest BCUT2D eigenvalue weighted by Crippen LogP contribution is -2.09. The number of rotatable bonds is 1. The van der Waals surface area contributed by atoms with Gasteiger partial charge in [0.05, 0.1) is 5.56 Å². The van der Waals surface area contributed by atoms with Crippen molar-refractivity contribution in [3.05, 3.63) is 34.9 Å². The Morgan fingerprint density at radius 2 is 2.13 bits per heavy atom. The van der Waals surface area contributed by atoms with Gasteiger partial charge in [0.25, 0.3) is 0 Å². The summed E-state index contributed by atoms with van der Waals surface area (Å²) in [5.41, 5.74) is 0.358. The van der Waals surface area contributed by atoms with Crippen LogP contribution in [0.4, 0.5) is 8.78 Å². The van der Waals surface area contributed by atoms with Gasteiger partial charge in [0, 0.05) is 18.5 Å². The van der Waals surface area contributed by atoms with Crippen LogP contribution in [-0.4, -0.2) is 13.1 Å². The lowest BCUT2D eigenvalue weighted by atomic mass is 9.96. The first-order valence-electron chi connectivity index (χ1n) is 4.82. The monoisotopic (exact) mass is 208 g/mol. The van der Waals surface area contributed by atoms with Crippen LogP contribution in [0.25, 0.3) is 0 Å². The summed E-state index contributed by atoms with van der Waals surface area (Å²) >= 11 is 0. The second-order valence-corrected chi connectivity index (χ2v) is 3.66. The third-order valence-electron chi connectivity index (χ3n) is 2.71. The molecular weight excluding hydrogens is 198 g/mol. The first kappa shape index (κ1) is 10.1.